The fourth-order valence-electron chi connectivity index (χ4n) is 4.33. The molecule has 0 radical (unpaired) electrons. The molecule has 1 amide bonds. The fourth-order valence-corrected chi connectivity index (χ4v) is 5.05. The third kappa shape index (κ3) is 4.05. The predicted molar refractivity (Wildman–Crippen MR) is 138 cm³/mol. The number of fused-ring (bicyclic) bond motifs is 1. The zero-order valence-corrected chi connectivity index (χ0v) is 20.3. The van der Waals surface area contributed by atoms with E-state index in [1.165, 1.54) is 16.2 Å². The van der Waals surface area contributed by atoms with E-state index in [0.29, 0.717) is 27.7 Å². The van der Waals surface area contributed by atoms with Crippen LogP contribution in [0.5, 0.6) is 11.5 Å². The van der Waals surface area contributed by atoms with Gasteiger partial charge in [-0.2, -0.15) is 0 Å². The van der Waals surface area contributed by atoms with Crippen LogP contribution >= 0.6 is 11.3 Å². The van der Waals surface area contributed by atoms with Crippen molar-refractivity contribution in [3.63, 3.8) is 0 Å². The number of aromatic nitrogens is 2. The Kier molecular flexibility index (Phi) is 5.54. The van der Waals surface area contributed by atoms with E-state index < -0.39 is 23.5 Å². The molecule has 9 heteroatoms. The molecule has 8 nitrogen and oxygen atoms in total. The zero-order valence-electron chi connectivity index (χ0n) is 19.5. The van der Waals surface area contributed by atoms with Gasteiger partial charge in [0, 0.05) is 5.39 Å². The standard InChI is InChI=1S/C28H19N3O5S/c1-16-29-30-28(37-16)31-24(18-9-7-12-20(14-18)35-19-10-3-2-4-11-19)23(26(33)27(31)34)25(32)22-15-17-8-5-6-13-21(17)36-22/h2-15,24,33H,1H3/t24-/m1/s1. The minimum atomic E-state index is -0.972. The number of carbonyl (C=O) groups excluding carboxylic acids is 2. The van der Waals surface area contributed by atoms with Gasteiger partial charge in [-0.3, -0.25) is 14.5 Å². The van der Waals surface area contributed by atoms with Crippen molar-refractivity contribution in [3.05, 3.63) is 113 Å². The molecular weight excluding hydrogens is 490 g/mol. The van der Waals surface area contributed by atoms with E-state index in [0.717, 1.165) is 5.39 Å². The van der Waals surface area contributed by atoms with Crippen molar-refractivity contribution in [1.82, 2.24) is 10.2 Å². The monoisotopic (exact) mass is 509 g/mol. The number of Topliss-reactive ketones (excluding diaryl/α,β-unsaturated/α-hetero) is 1. The Morgan fingerprint density at radius 1 is 0.973 bits per heavy atom. The normalized spacial score (nSPS) is 15.5. The molecule has 0 bridgehead atoms. The van der Waals surface area contributed by atoms with Gasteiger partial charge in [-0.1, -0.05) is 59.9 Å². The van der Waals surface area contributed by atoms with E-state index in [2.05, 4.69) is 10.2 Å². The first-order valence-corrected chi connectivity index (χ1v) is 12.2. The molecular formula is C28H19N3O5S. The van der Waals surface area contributed by atoms with Gasteiger partial charge in [-0.15, -0.1) is 10.2 Å². The number of hydrogen-bond donors (Lipinski definition) is 1. The van der Waals surface area contributed by atoms with Crippen molar-refractivity contribution in [2.45, 2.75) is 13.0 Å². The van der Waals surface area contributed by atoms with Crippen molar-refractivity contribution in [2.75, 3.05) is 4.90 Å². The second-order valence-corrected chi connectivity index (χ2v) is 9.57. The van der Waals surface area contributed by atoms with Gasteiger partial charge < -0.3 is 14.3 Å². The van der Waals surface area contributed by atoms with Crippen LogP contribution in [0.25, 0.3) is 11.0 Å². The molecule has 0 spiro atoms. The number of anilines is 1. The van der Waals surface area contributed by atoms with Gasteiger partial charge in [0.05, 0.1) is 11.6 Å². The summed E-state index contributed by atoms with van der Waals surface area (Å²) in [5.41, 5.74) is 0.980. The maximum Gasteiger partial charge on any atom is 0.296 e. The Labute approximate surface area is 215 Å². The Morgan fingerprint density at radius 2 is 1.73 bits per heavy atom. The van der Waals surface area contributed by atoms with E-state index in [-0.39, 0.29) is 16.5 Å². The number of nitrogens with zero attached hydrogens (tertiary/aromatic N) is 3. The summed E-state index contributed by atoms with van der Waals surface area (Å²) >= 11 is 1.19. The SMILES string of the molecule is Cc1nnc(N2C(=O)C(O)=C(C(=O)c3cc4ccccc4o3)[C@H]2c2cccc(Oc3ccccc3)c2)s1. The van der Waals surface area contributed by atoms with E-state index in [1.807, 2.05) is 42.5 Å². The van der Waals surface area contributed by atoms with Gasteiger partial charge in [0.2, 0.25) is 10.9 Å². The van der Waals surface area contributed by atoms with Gasteiger partial charge >= 0.3 is 0 Å². The van der Waals surface area contributed by atoms with Gasteiger partial charge in [0.25, 0.3) is 5.91 Å². The average Bonchev–Trinajstić information content (AvgIpc) is 3.60. The van der Waals surface area contributed by atoms with E-state index in [1.54, 1.807) is 49.4 Å². The lowest BCUT2D eigenvalue weighted by Gasteiger charge is -2.24. The summed E-state index contributed by atoms with van der Waals surface area (Å²) in [6.45, 7) is 1.76. The van der Waals surface area contributed by atoms with Crippen molar-refractivity contribution >= 4 is 39.1 Å². The number of ether oxygens (including phenoxy) is 1. The number of amides is 1. The Balaban J connectivity index is 1.46. The molecule has 0 unspecified atom stereocenters. The van der Waals surface area contributed by atoms with Gasteiger partial charge in [0.15, 0.2) is 11.5 Å². The molecule has 1 N–H and O–H groups in total. The molecule has 37 heavy (non-hydrogen) atoms. The lowest BCUT2D eigenvalue weighted by atomic mass is 9.95. The molecule has 6 rings (SSSR count). The number of carbonyl (C=O) groups is 2. The van der Waals surface area contributed by atoms with E-state index in [4.69, 9.17) is 9.15 Å². The summed E-state index contributed by atoms with van der Waals surface area (Å²) in [7, 11) is 0. The highest BCUT2D eigenvalue weighted by Gasteiger charge is 2.46. The highest BCUT2D eigenvalue weighted by molar-refractivity contribution is 7.15. The van der Waals surface area contributed by atoms with Crippen LogP contribution in [0.15, 0.2) is 101 Å². The zero-order chi connectivity index (χ0) is 25.5. The first-order valence-electron chi connectivity index (χ1n) is 11.4. The summed E-state index contributed by atoms with van der Waals surface area (Å²) < 4.78 is 11.8. The lowest BCUT2D eigenvalue weighted by molar-refractivity contribution is -0.117. The second-order valence-electron chi connectivity index (χ2n) is 8.41. The second kappa shape index (κ2) is 9.03. The molecule has 182 valence electrons. The number of para-hydroxylation sites is 2. The van der Waals surface area contributed by atoms with Crippen LogP contribution in [0, 0.1) is 6.92 Å². The van der Waals surface area contributed by atoms with Gasteiger partial charge in [-0.05, 0) is 48.9 Å². The van der Waals surface area contributed by atoms with Crippen molar-refractivity contribution < 1.29 is 23.8 Å². The maximum absolute atomic E-state index is 13.8. The number of hydrogen-bond acceptors (Lipinski definition) is 8. The summed E-state index contributed by atoms with van der Waals surface area (Å²) in [5.74, 6) is -0.826. The molecule has 0 saturated heterocycles. The Hall–Kier alpha value is -4.76. The van der Waals surface area contributed by atoms with Crippen LogP contribution in [-0.2, 0) is 4.79 Å². The summed E-state index contributed by atoms with van der Waals surface area (Å²) in [6, 6.07) is 24.1. The molecule has 3 aromatic carbocycles. The summed E-state index contributed by atoms with van der Waals surface area (Å²) in [4.78, 5) is 28.4. The van der Waals surface area contributed by atoms with Crippen LogP contribution < -0.4 is 9.64 Å². The van der Waals surface area contributed by atoms with Gasteiger partial charge in [0.1, 0.15) is 22.1 Å². The number of aryl methyl sites for hydroxylation is 1. The smallest absolute Gasteiger partial charge is 0.296 e. The molecule has 1 atom stereocenters. The molecule has 1 aliphatic rings. The van der Waals surface area contributed by atoms with Crippen LogP contribution in [0.1, 0.15) is 27.2 Å². The number of aliphatic hydroxyl groups is 1. The number of ketones is 1. The van der Waals surface area contributed by atoms with Crippen LogP contribution in [0.4, 0.5) is 5.13 Å². The predicted octanol–water partition coefficient (Wildman–Crippen LogP) is 6.17. The first kappa shape index (κ1) is 22.7. The number of aliphatic hydroxyl groups excluding tert-OH is 1. The van der Waals surface area contributed by atoms with E-state index in [9.17, 15) is 14.7 Å². The molecule has 0 fully saturated rings. The summed E-state index contributed by atoms with van der Waals surface area (Å²) in [6.07, 6.45) is 0. The molecule has 5 aromatic rings. The molecule has 0 aliphatic carbocycles. The fraction of sp³-hybridized carbons (Fsp3) is 0.0714. The van der Waals surface area contributed by atoms with Gasteiger partial charge in [-0.25, -0.2) is 0 Å². The van der Waals surface area contributed by atoms with Crippen LogP contribution in [-0.4, -0.2) is 27.0 Å². The minimum Gasteiger partial charge on any atom is -0.503 e. The third-order valence-electron chi connectivity index (χ3n) is 5.98. The lowest BCUT2D eigenvalue weighted by Crippen LogP contribution is -2.31. The average molecular weight is 510 g/mol. The highest BCUT2D eigenvalue weighted by atomic mass is 32.1. The van der Waals surface area contributed by atoms with Crippen molar-refractivity contribution in [1.29, 1.82) is 0 Å². The number of rotatable bonds is 6. The van der Waals surface area contributed by atoms with Crippen LogP contribution in [0.2, 0.25) is 0 Å². The van der Waals surface area contributed by atoms with Crippen LogP contribution in [0.3, 0.4) is 0 Å². The molecule has 2 aromatic heterocycles. The maximum atomic E-state index is 13.8. The Bertz CT molecular complexity index is 1660. The van der Waals surface area contributed by atoms with E-state index >= 15 is 0 Å². The summed E-state index contributed by atoms with van der Waals surface area (Å²) in [5, 5.41) is 20.8. The number of benzene rings is 3. The topological polar surface area (TPSA) is 106 Å². The molecule has 1 aliphatic heterocycles. The van der Waals surface area contributed by atoms with Crippen molar-refractivity contribution in [3.8, 4) is 11.5 Å². The molecule has 3 heterocycles. The Morgan fingerprint density at radius 3 is 2.49 bits per heavy atom. The molecule has 0 saturated carbocycles. The number of furan rings is 1. The van der Waals surface area contributed by atoms with Crippen molar-refractivity contribution in [2.24, 2.45) is 0 Å². The first-order chi connectivity index (χ1) is 18.0. The minimum absolute atomic E-state index is 0.0209. The largest absolute Gasteiger partial charge is 0.503 e. The quantitative estimate of drug-likeness (QED) is 0.273. The highest BCUT2D eigenvalue weighted by Crippen LogP contribution is 2.44. The third-order valence-corrected chi connectivity index (χ3v) is 6.81.